The van der Waals surface area contributed by atoms with Crippen molar-refractivity contribution in [3.8, 4) is 5.75 Å². The standard InChI is InChI=1S/C23H32N2O2/c1-24-16-19-10-6-7-11-21(19)27-23(17-24)14-12-20(13-15-23)25(2)22(26)18-8-4-3-5-9-18/h3-4,6-7,10-11,18,20H,5,8-9,12-17H2,1-2H3/t18-,20?,23?/m1/s1. The molecule has 1 heterocycles. The van der Waals surface area contributed by atoms with E-state index >= 15 is 0 Å². The topological polar surface area (TPSA) is 32.8 Å². The fraction of sp³-hybridized carbons (Fsp3) is 0.609. The van der Waals surface area contributed by atoms with Crippen molar-refractivity contribution >= 4 is 5.91 Å². The molecule has 1 aromatic rings. The first kappa shape index (κ1) is 18.5. The number of allylic oxidation sites excluding steroid dienone is 2. The normalized spacial score (nSPS) is 31.0. The Morgan fingerprint density at radius 1 is 1.19 bits per heavy atom. The fourth-order valence-corrected chi connectivity index (χ4v) is 5.10. The summed E-state index contributed by atoms with van der Waals surface area (Å²) < 4.78 is 6.61. The summed E-state index contributed by atoms with van der Waals surface area (Å²) in [5, 5.41) is 0. The van der Waals surface area contributed by atoms with Crippen molar-refractivity contribution in [3.63, 3.8) is 0 Å². The van der Waals surface area contributed by atoms with Crippen LogP contribution in [0.1, 0.15) is 50.5 Å². The molecule has 1 spiro atoms. The predicted octanol–water partition coefficient (Wildman–Crippen LogP) is 4.01. The number of benzene rings is 1. The average Bonchev–Trinajstić information content (AvgIpc) is 2.83. The lowest BCUT2D eigenvalue weighted by atomic mass is 9.80. The molecule has 0 unspecified atom stereocenters. The largest absolute Gasteiger partial charge is 0.486 e. The Bertz CT molecular complexity index is 706. The lowest BCUT2D eigenvalue weighted by Crippen LogP contribution is -2.51. The summed E-state index contributed by atoms with van der Waals surface area (Å²) in [4.78, 5) is 17.3. The van der Waals surface area contributed by atoms with Gasteiger partial charge < -0.3 is 9.64 Å². The molecule has 0 N–H and O–H groups in total. The molecule has 0 radical (unpaired) electrons. The average molecular weight is 369 g/mol. The number of amides is 1. The van der Waals surface area contributed by atoms with Crippen LogP contribution in [0.4, 0.5) is 0 Å². The second kappa shape index (κ2) is 7.67. The van der Waals surface area contributed by atoms with E-state index in [1.54, 1.807) is 0 Å². The van der Waals surface area contributed by atoms with Crippen molar-refractivity contribution < 1.29 is 9.53 Å². The number of fused-ring (bicyclic) bond motifs is 1. The minimum atomic E-state index is -0.116. The lowest BCUT2D eigenvalue weighted by Gasteiger charge is -2.43. The number of hydrogen-bond acceptors (Lipinski definition) is 3. The van der Waals surface area contributed by atoms with E-state index in [1.807, 2.05) is 11.9 Å². The zero-order chi connectivity index (χ0) is 18.9. The Balaban J connectivity index is 1.42. The molecule has 4 heteroatoms. The Kier molecular flexibility index (Phi) is 5.27. The molecule has 3 aliphatic rings. The van der Waals surface area contributed by atoms with E-state index in [4.69, 9.17) is 4.74 Å². The molecule has 1 aromatic carbocycles. The van der Waals surface area contributed by atoms with Crippen molar-refractivity contribution in [1.82, 2.24) is 9.80 Å². The molecule has 27 heavy (non-hydrogen) atoms. The van der Waals surface area contributed by atoms with Gasteiger partial charge in [-0.05, 0) is 58.1 Å². The summed E-state index contributed by atoms with van der Waals surface area (Å²) in [7, 11) is 4.20. The van der Waals surface area contributed by atoms with Gasteiger partial charge in [0.05, 0.1) is 0 Å². The highest BCUT2D eigenvalue weighted by atomic mass is 16.5. The maximum atomic E-state index is 12.9. The predicted molar refractivity (Wildman–Crippen MR) is 108 cm³/mol. The number of likely N-dealkylation sites (N-methyl/N-ethyl adjacent to an activating group) is 1. The fourth-order valence-electron chi connectivity index (χ4n) is 5.10. The molecule has 0 bridgehead atoms. The maximum absolute atomic E-state index is 12.9. The lowest BCUT2D eigenvalue weighted by molar-refractivity contribution is -0.138. The minimum absolute atomic E-state index is 0.116. The first-order valence-corrected chi connectivity index (χ1v) is 10.4. The van der Waals surface area contributed by atoms with Crippen LogP contribution >= 0.6 is 0 Å². The number of ether oxygens (including phenoxy) is 1. The van der Waals surface area contributed by atoms with E-state index < -0.39 is 0 Å². The zero-order valence-corrected chi connectivity index (χ0v) is 16.7. The van der Waals surface area contributed by atoms with Crippen molar-refractivity contribution in [2.24, 2.45) is 5.92 Å². The van der Waals surface area contributed by atoms with Gasteiger partial charge in [0.2, 0.25) is 5.91 Å². The van der Waals surface area contributed by atoms with Crippen molar-refractivity contribution in [2.75, 3.05) is 20.6 Å². The second-order valence-electron chi connectivity index (χ2n) is 8.73. The highest BCUT2D eigenvalue weighted by molar-refractivity contribution is 5.79. The van der Waals surface area contributed by atoms with E-state index in [-0.39, 0.29) is 11.5 Å². The Hall–Kier alpha value is -1.81. The number of hydrogen-bond donors (Lipinski definition) is 0. The van der Waals surface area contributed by atoms with Crippen LogP contribution in [0.15, 0.2) is 36.4 Å². The van der Waals surface area contributed by atoms with Gasteiger partial charge in [-0.3, -0.25) is 9.69 Å². The van der Waals surface area contributed by atoms with Crippen molar-refractivity contribution in [2.45, 2.75) is 63.1 Å². The van der Waals surface area contributed by atoms with Crippen molar-refractivity contribution in [3.05, 3.63) is 42.0 Å². The highest BCUT2D eigenvalue weighted by Crippen LogP contribution is 2.39. The molecule has 1 fully saturated rings. The van der Waals surface area contributed by atoms with Gasteiger partial charge >= 0.3 is 0 Å². The molecule has 1 atom stereocenters. The summed E-state index contributed by atoms with van der Waals surface area (Å²) in [6, 6.07) is 8.78. The number of para-hydroxylation sites is 1. The number of carbonyl (C=O) groups is 1. The SMILES string of the molecule is CN1Cc2ccccc2OC2(CCC(N(C)C(=O)[C@@H]3CC=CCC3)CC2)C1. The third kappa shape index (κ3) is 3.91. The van der Waals surface area contributed by atoms with Gasteiger partial charge in [0, 0.05) is 37.7 Å². The Labute approximate surface area is 163 Å². The van der Waals surface area contributed by atoms with E-state index in [0.29, 0.717) is 11.9 Å². The van der Waals surface area contributed by atoms with Crippen molar-refractivity contribution in [1.29, 1.82) is 0 Å². The maximum Gasteiger partial charge on any atom is 0.225 e. The number of rotatable bonds is 2. The third-order valence-corrected chi connectivity index (χ3v) is 6.68. The van der Waals surface area contributed by atoms with E-state index in [0.717, 1.165) is 63.8 Å². The molecule has 146 valence electrons. The highest BCUT2D eigenvalue weighted by Gasteiger charge is 2.42. The first-order chi connectivity index (χ1) is 13.1. The van der Waals surface area contributed by atoms with Crippen LogP contribution in [-0.4, -0.2) is 48.0 Å². The Morgan fingerprint density at radius 3 is 2.70 bits per heavy atom. The zero-order valence-electron chi connectivity index (χ0n) is 16.7. The van der Waals surface area contributed by atoms with Gasteiger partial charge in [0.15, 0.2) is 0 Å². The second-order valence-corrected chi connectivity index (χ2v) is 8.73. The molecule has 1 saturated carbocycles. The molecule has 1 aliphatic heterocycles. The third-order valence-electron chi connectivity index (χ3n) is 6.68. The molecule has 4 nitrogen and oxygen atoms in total. The van der Waals surface area contributed by atoms with Crippen LogP contribution in [-0.2, 0) is 11.3 Å². The van der Waals surface area contributed by atoms with Gasteiger partial charge in [-0.2, -0.15) is 0 Å². The summed E-state index contributed by atoms with van der Waals surface area (Å²) in [5.74, 6) is 1.56. The molecule has 0 aromatic heterocycles. The van der Waals surface area contributed by atoms with Crippen LogP contribution in [0.2, 0.25) is 0 Å². The van der Waals surface area contributed by atoms with E-state index in [9.17, 15) is 4.79 Å². The number of carbonyl (C=O) groups excluding carboxylic acids is 1. The molecule has 2 aliphatic carbocycles. The summed E-state index contributed by atoms with van der Waals surface area (Å²) >= 11 is 0. The van der Waals surface area contributed by atoms with Gasteiger partial charge in [0.25, 0.3) is 0 Å². The van der Waals surface area contributed by atoms with Crippen LogP contribution in [0.25, 0.3) is 0 Å². The van der Waals surface area contributed by atoms with E-state index in [1.165, 1.54) is 5.56 Å². The van der Waals surface area contributed by atoms with Gasteiger partial charge in [-0.15, -0.1) is 0 Å². The van der Waals surface area contributed by atoms with E-state index in [2.05, 4.69) is 48.4 Å². The van der Waals surface area contributed by atoms with Crippen LogP contribution in [0.3, 0.4) is 0 Å². The molecular weight excluding hydrogens is 336 g/mol. The smallest absolute Gasteiger partial charge is 0.225 e. The van der Waals surface area contributed by atoms with Crippen LogP contribution in [0.5, 0.6) is 5.75 Å². The first-order valence-electron chi connectivity index (χ1n) is 10.4. The minimum Gasteiger partial charge on any atom is -0.486 e. The summed E-state index contributed by atoms with van der Waals surface area (Å²) in [5.41, 5.74) is 1.16. The number of nitrogens with zero attached hydrogens (tertiary/aromatic N) is 2. The molecule has 1 amide bonds. The van der Waals surface area contributed by atoms with Gasteiger partial charge in [-0.1, -0.05) is 30.4 Å². The quantitative estimate of drug-likeness (QED) is 0.740. The van der Waals surface area contributed by atoms with Gasteiger partial charge in [-0.25, -0.2) is 0 Å². The molecule has 0 saturated heterocycles. The molecular formula is C23H32N2O2. The monoisotopic (exact) mass is 368 g/mol. The van der Waals surface area contributed by atoms with Crippen LogP contribution < -0.4 is 4.74 Å². The van der Waals surface area contributed by atoms with Crippen LogP contribution in [0, 0.1) is 5.92 Å². The molecule has 4 rings (SSSR count). The Morgan fingerprint density at radius 2 is 1.96 bits per heavy atom. The summed E-state index contributed by atoms with van der Waals surface area (Å²) in [6.45, 7) is 1.90. The summed E-state index contributed by atoms with van der Waals surface area (Å²) in [6.07, 6.45) is 11.4. The van der Waals surface area contributed by atoms with Gasteiger partial charge in [0.1, 0.15) is 11.4 Å².